The maximum atomic E-state index is 12.3. The number of carbonyl (C=O) groups is 2. The lowest BCUT2D eigenvalue weighted by atomic mass is 10.1. The van der Waals surface area contributed by atoms with Gasteiger partial charge in [0.05, 0.1) is 17.1 Å². The van der Waals surface area contributed by atoms with Gasteiger partial charge in [-0.25, -0.2) is 15.0 Å². The number of amides is 1. The van der Waals surface area contributed by atoms with Gasteiger partial charge in [0.1, 0.15) is 5.65 Å². The number of Topliss-reactive ketones (excluding diaryl/α,β-unsaturated/α-hetero) is 1. The molecule has 8 heteroatoms. The first-order valence-corrected chi connectivity index (χ1v) is 9.75. The van der Waals surface area contributed by atoms with Gasteiger partial charge in [0.2, 0.25) is 11.9 Å². The number of aromatic nitrogens is 4. The van der Waals surface area contributed by atoms with Gasteiger partial charge >= 0.3 is 0 Å². The van der Waals surface area contributed by atoms with E-state index in [-0.39, 0.29) is 30.5 Å². The summed E-state index contributed by atoms with van der Waals surface area (Å²) in [6.45, 7) is 1.91. The molecule has 0 saturated carbocycles. The summed E-state index contributed by atoms with van der Waals surface area (Å²) in [6, 6.07) is 14.1. The Morgan fingerprint density at radius 2 is 1.83 bits per heavy atom. The zero-order valence-electron chi connectivity index (χ0n) is 16.2. The van der Waals surface area contributed by atoms with Crippen LogP contribution in [-0.4, -0.2) is 31.0 Å². The average Bonchev–Trinajstić information content (AvgIpc) is 3.08. The minimum Gasteiger partial charge on any atom is -0.298 e. The third-order valence-electron chi connectivity index (χ3n) is 4.60. The molecule has 0 aliphatic heterocycles. The van der Waals surface area contributed by atoms with Crippen LogP contribution in [0.3, 0.4) is 0 Å². The smallest absolute Gasteiger partial charge is 0.229 e. The maximum absolute atomic E-state index is 12.3. The number of fused-ring (bicyclic) bond motifs is 1. The number of aryl methyl sites for hydroxylation is 1. The molecule has 0 saturated heterocycles. The van der Waals surface area contributed by atoms with Crippen molar-refractivity contribution in [1.29, 1.82) is 0 Å². The summed E-state index contributed by atoms with van der Waals surface area (Å²) in [5, 5.41) is 3.22. The number of rotatable bonds is 6. The largest absolute Gasteiger partial charge is 0.298 e. The first kappa shape index (κ1) is 19.7. The van der Waals surface area contributed by atoms with E-state index < -0.39 is 0 Å². The van der Waals surface area contributed by atoms with E-state index >= 15 is 0 Å². The van der Waals surface area contributed by atoms with Crippen LogP contribution in [0.1, 0.15) is 28.9 Å². The summed E-state index contributed by atoms with van der Waals surface area (Å²) in [5.41, 5.74) is 3.64. The van der Waals surface area contributed by atoms with Crippen molar-refractivity contribution in [3.8, 4) is 11.4 Å². The number of nitrogens with zero attached hydrogens (tertiary/aromatic N) is 4. The standard InChI is InChI=1S/C22H18ClN5O2/c1-14-21(28-13-3-2-4-19(28)25-14)17-11-12-24-22(26-17)27-20(30)10-9-18(29)15-5-7-16(23)8-6-15/h2-8,11-13H,9-10H2,1H3,(H,24,26,27,30). The van der Waals surface area contributed by atoms with E-state index in [0.29, 0.717) is 16.3 Å². The van der Waals surface area contributed by atoms with Crippen molar-refractivity contribution in [2.45, 2.75) is 19.8 Å². The molecule has 0 atom stereocenters. The average molecular weight is 420 g/mol. The van der Waals surface area contributed by atoms with Crippen LogP contribution >= 0.6 is 11.6 Å². The van der Waals surface area contributed by atoms with E-state index in [4.69, 9.17) is 11.6 Å². The topological polar surface area (TPSA) is 89.2 Å². The summed E-state index contributed by atoms with van der Waals surface area (Å²) < 4.78 is 1.94. The van der Waals surface area contributed by atoms with Crippen molar-refractivity contribution in [2.75, 3.05) is 5.32 Å². The number of pyridine rings is 1. The number of hydrogen-bond acceptors (Lipinski definition) is 5. The van der Waals surface area contributed by atoms with Crippen molar-refractivity contribution in [2.24, 2.45) is 0 Å². The summed E-state index contributed by atoms with van der Waals surface area (Å²) >= 11 is 5.83. The predicted molar refractivity (Wildman–Crippen MR) is 115 cm³/mol. The Kier molecular flexibility index (Phi) is 5.54. The summed E-state index contributed by atoms with van der Waals surface area (Å²) in [6.07, 6.45) is 3.61. The number of ketones is 1. The molecule has 0 aliphatic carbocycles. The van der Waals surface area contributed by atoms with Gasteiger partial charge in [0, 0.05) is 35.8 Å². The minimum atomic E-state index is -0.329. The second-order valence-electron chi connectivity index (χ2n) is 6.72. The number of benzene rings is 1. The molecule has 3 aromatic heterocycles. The lowest BCUT2D eigenvalue weighted by Crippen LogP contribution is -2.15. The molecule has 0 radical (unpaired) electrons. The van der Waals surface area contributed by atoms with Crippen LogP contribution in [0.5, 0.6) is 0 Å². The SMILES string of the molecule is Cc1nc2ccccn2c1-c1ccnc(NC(=O)CCC(=O)c2ccc(Cl)cc2)n1. The van der Waals surface area contributed by atoms with Crippen LogP contribution < -0.4 is 5.32 Å². The van der Waals surface area contributed by atoms with Gasteiger partial charge in [-0.2, -0.15) is 0 Å². The van der Waals surface area contributed by atoms with E-state index in [2.05, 4.69) is 20.3 Å². The quantitative estimate of drug-likeness (QED) is 0.469. The highest BCUT2D eigenvalue weighted by Gasteiger charge is 2.14. The normalized spacial score (nSPS) is 10.9. The molecular weight excluding hydrogens is 402 g/mol. The van der Waals surface area contributed by atoms with Gasteiger partial charge in [-0.05, 0) is 49.4 Å². The Hall–Kier alpha value is -3.58. The third-order valence-corrected chi connectivity index (χ3v) is 4.85. The van der Waals surface area contributed by atoms with E-state index in [0.717, 1.165) is 17.0 Å². The van der Waals surface area contributed by atoms with Crippen molar-refractivity contribution in [3.05, 3.63) is 77.2 Å². The second-order valence-corrected chi connectivity index (χ2v) is 7.15. The van der Waals surface area contributed by atoms with Crippen LogP contribution in [0, 0.1) is 6.92 Å². The van der Waals surface area contributed by atoms with Crippen LogP contribution in [0.25, 0.3) is 17.0 Å². The van der Waals surface area contributed by atoms with E-state index in [9.17, 15) is 9.59 Å². The fraction of sp³-hybridized carbons (Fsp3) is 0.136. The highest BCUT2D eigenvalue weighted by atomic mass is 35.5. The van der Waals surface area contributed by atoms with Gasteiger partial charge in [-0.15, -0.1) is 0 Å². The summed E-state index contributed by atoms with van der Waals surface area (Å²) in [4.78, 5) is 37.6. The number of nitrogens with one attached hydrogen (secondary N) is 1. The second kappa shape index (κ2) is 8.42. The Morgan fingerprint density at radius 3 is 2.63 bits per heavy atom. The number of halogens is 1. The zero-order chi connectivity index (χ0) is 21.1. The molecule has 0 bridgehead atoms. The van der Waals surface area contributed by atoms with Gasteiger partial charge in [-0.3, -0.25) is 19.3 Å². The van der Waals surface area contributed by atoms with Gasteiger partial charge in [-0.1, -0.05) is 17.7 Å². The Morgan fingerprint density at radius 1 is 1.03 bits per heavy atom. The summed E-state index contributed by atoms with van der Waals surface area (Å²) in [5.74, 6) is -0.274. The predicted octanol–water partition coefficient (Wildman–Crippen LogP) is 4.35. The third kappa shape index (κ3) is 4.21. The van der Waals surface area contributed by atoms with E-state index in [1.54, 1.807) is 36.5 Å². The molecule has 1 N–H and O–H groups in total. The minimum absolute atomic E-state index is 0.0314. The lowest BCUT2D eigenvalue weighted by molar-refractivity contribution is -0.116. The molecule has 150 valence electrons. The Labute approximate surface area is 177 Å². The van der Waals surface area contributed by atoms with Crippen LogP contribution in [-0.2, 0) is 4.79 Å². The molecule has 30 heavy (non-hydrogen) atoms. The molecule has 0 fully saturated rings. The molecule has 0 unspecified atom stereocenters. The zero-order valence-corrected chi connectivity index (χ0v) is 16.9. The summed E-state index contributed by atoms with van der Waals surface area (Å²) in [7, 11) is 0. The first-order valence-electron chi connectivity index (χ1n) is 9.37. The number of imidazole rings is 1. The van der Waals surface area contributed by atoms with Crippen LogP contribution in [0.2, 0.25) is 5.02 Å². The van der Waals surface area contributed by atoms with Crippen molar-refractivity contribution < 1.29 is 9.59 Å². The van der Waals surface area contributed by atoms with Crippen molar-refractivity contribution in [1.82, 2.24) is 19.4 Å². The maximum Gasteiger partial charge on any atom is 0.229 e. The molecule has 0 aliphatic rings. The molecule has 1 aromatic carbocycles. The molecular formula is C22H18ClN5O2. The number of hydrogen-bond donors (Lipinski definition) is 1. The molecule has 4 rings (SSSR count). The van der Waals surface area contributed by atoms with Crippen molar-refractivity contribution >= 4 is 34.9 Å². The Bertz CT molecular complexity index is 1230. The fourth-order valence-electron chi connectivity index (χ4n) is 3.17. The lowest BCUT2D eigenvalue weighted by Gasteiger charge is -2.07. The highest BCUT2D eigenvalue weighted by molar-refractivity contribution is 6.30. The molecule has 3 heterocycles. The molecule has 0 spiro atoms. The molecule has 7 nitrogen and oxygen atoms in total. The molecule has 4 aromatic rings. The number of anilines is 1. The number of carbonyl (C=O) groups excluding carboxylic acids is 2. The van der Waals surface area contributed by atoms with Gasteiger partial charge in [0.25, 0.3) is 0 Å². The fourth-order valence-corrected chi connectivity index (χ4v) is 3.29. The van der Waals surface area contributed by atoms with Gasteiger partial charge in [0.15, 0.2) is 5.78 Å². The highest BCUT2D eigenvalue weighted by Crippen LogP contribution is 2.23. The van der Waals surface area contributed by atoms with Crippen LogP contribution in [0.15, 0.2) is 60.9 Å². The monoisotopic (exact) mass is 419 g/mol. The Balaban J connectivity index is 1.45. The van der Waals surface area contributed by atoms with Crippen molar-refractivity contribution in [3.63, 3.8) is 0 Å². The first-order chi connectivity index (χ1) is 14.5. The van der Waals surface area contributed by atoms with E-state index in [1.165, 1.54) is 0 Å². The van der Waals surface area contributed by atoms with E-state index in [1.807, 2.05) is 35.7 Å². The van der Waals surface area contributed by atoms with Gasteiger partial charge < -0.3 is 0 Å². The molecule has 1 amide bonds. The van der Waals surface area contributed by atoms with Crippen LogP contribution in [0.4, 0.5) is 5.95 Å².